The number of amides is 1. The Morgan fingerprint density at radius 1 is 1.29 bits per heavy atom. The summed E-state index contributed by atoms with van der Waals surface area (Å²) in [5.74, 6) is -0.523. The molecule has 1 heterocycles. The third kappa shape index (κ3) is 5.29. The zero-order valence-electron chi connectivity index (χ0n) is 19.4. The fraction of sp³-hybridized carbons (Fsp3) is 0.652. The first-order chi connectivity index (χ1) is 14.3. The van der Waals surface area contributed by atoms with Crippen molar-refractivity contribution in [2.45, 2.75) is 77.9 Å². The number of aldehydes is 1. The molecule has 0 aromatic heterocycles. The lowest BCUT2D eigenvalue weighted by atomic mass is 10.1. The van der Waals surface area contributed by atoms with Gasteiger partial charge >= 0.3 is 6.09 Å². The van der Waals surface area contributed by atoms with Crippen LogP contribution < -0.4 is 10.1 Å². The van der Waals surface area contributed by atoms with Gasteiger partial charge in [-0.15, -0.1) is 0 Å². The smallest absolute Gasteiger partial charge is 0.410 e. The fourth-order valence-corrected chi connectivity index (χ4v) is 3.75. The lowest BCUT2D eigenvalue weighted by Gasteiger charge is -2.35. The van der Waals surface area contributed by atoms with Crippen LogP contribution in [0.3, 0.4) is 0 Å². The molecule has 3 atom stereocenters. The van der Waals surface area contributed by atoms with E-state index < -0.39 is 35.4 Å². The molecule has 0 spiro atoms. The van der Waals surface area contributed by atoms with E-state index >= 15 is 4.39 Å². The number of anilines is 1. The Hall–Kier alpha value is -2.35. The van der Waals surface area contributed by atoms with Gasteiger partial charge in [0.1, 0.15) is 17.9 Å². The Balaban J connectivity index is 1.83. The van der Waals surface area contributed by atoms with Gasteiger partial charge in [0.05, 0.1) is 17.9 Å². The summed E-state index contributed by atoms with van der Waals surface area (Å²) in [6, 6.07) is 1.27. The van der Waals surface area contributed by atoms with E-state index in [1.807, 2.05) is 26.8 Å². The third-order valence-corrected chi connectivity index (χ3v) is 5.31. The van der Waals surface area contributed by atoms with Crippen LogP contribution in [0.2, 0.25) is 0 Å². The summed E-state index contributed by atoms with van der Waals surface area (Å²) in [5.41, 5.74) is 0.769. The Morgan fingerprint density at radius 3 is 2.55 bits per heavy atom. The molecule has 1 N–H and O–H groups in total. The zero-order valence-corrected chi connectivity index (χ0v) is 19.4. The van der Waals surface area contributed by atoms with Crippen LogP contribution >= 0.6 is 0 Å². The second-order valence-electron chi connectivity index (χ2n) is 10.3. The van der Waals surface area contributed by atoms with Crippen molar-refractivity contribution in [1.29, 1.82) is 0 Å². The van der Waals surface area contributed by atoms with Crippen LogP contribution in [0.4, 0.5) is 14.9 Å². The number of halogens is 1. The number of ether oxygens (including phenoxy) is 3. The summed E-state index contributed by atoms with van der Waals surface area (Å²) in [7, 11) is 1.61. The molecule has 0 bridgehead atoms. The molecule has 0 radical (unpaired) electrons. The summed E-state index contributed by atoms with van der Waals surface area (Å²) in [5, 5.41) is 3.19. The van der Waals surface area contributed by atoms with E-state index in [-0.39, 0.29) is 18.3 Å². The van der Waals surface area contributed by atoms with Crippen molar-refractivity contribution in [1.82, 2.24) is 4.90 Å². The van der Waals surface area contributed by atoms with E-state index in [0.29, 0.717) is 24.1 Å². The maximum absolute atomic E-state index is 15.2. The van der Waals surface area contributed by atoms with Crippen LogP contribution in [0.25, 0.3) is 0 Å². The molecule has 2 aliphatic rings. The van der Waals surface area contributed by atoms with Crippen molar-refractivity contribution in [2.75, 3.05) is 19.0 Å². The standard InChI is InChI=1S/C23H33FN2O5/c1-22(2,3)29-12-17(26(7)21(28)31-23(4,5)6)20-25-16-10-14-8-13(11-27)9-15(14)18(24)19(16)30-20/h10-11,13,17,20,25H,8-9,12H2,1-7H3/t13?,17-,20?/m1/s1. The van der Waals surface area contributed by atoms with Gasteiger partial charge in [-0.1, -0.05) is 0 Å². The van der Waals surface area contributed by atoms with Gasteiger partial charge in [-0.25, -0.2) is 9.18 Å². The van der Waals surface area contributed by atoms with Crippen LogP contribution in [-0.2, 0) is 27.1 Å². The van der Waals surface area contributed by atoms with Gasteiger partial charge in [-0.2, -0.15) is 0 Å². The van der Waals surface area contributed by atoms with E-state index in [4.69, 9.17) is 14.2 Å². The van der Waals surface area contributed by atoms with Gasteiger partial charge in [-0.3, -0.25) is 0 Å². The van der Waals surface area contributed by atoms with Crippen LogP contribution in [0.1, 0.15) is 52.7 Å². The largest absolute Gasteiger partial charge is 0.463 e. The molecule has 1 aliphatic carbocycles. The van der Waals surface area contributed by atoms with E-state index in [1.165, 1.54) is 4.90 Å². The first-order valence-electron chi connectivity index (χ1n) is 10.6. The lowest BCUT2D eigenvalue weighted by Crippen LogP contribution is -2.53. The summed E-state index contributed by atoms with van der Waals surface area (Å²) < 4.78 is 32.6. The number of rotatable bonds is 5. The predicted octanol–water partition coefficient (Wildman–Crippen LogP) is 3.92. The van der Waals surface area contributed by atoms with E-state index in [9.17, 15) is 9.59 Å². The second kappa shape index (κ2) is 8.30. The Morgan fingerprint density at radius 2 is 1.97 bits per heavy atom. The minimum absolute atomic E-state index is 0.119. The summed E-state index contributed by atoms with van der Waals surface area (Å²) in [6.07, 6.45) is 0.531. The molecule has 1 aliphatic heterocycles. The molecular formula is C23H33FN2O5. The van der Waals surface area contributed by atoms with Crippen LogP contribution in [0.5, 0.6) is 5.75 Å². The topological polar surface area (TPSA) is 77.1 Å². The summed E-state index contributed by atoms with van der Waals surface area (Å²) >= 11 is 0. The minimum Gasteiger partial charge on any atom is -0.463 e. The number of nitrogens with zero attached hydrogens (tertiary/aromatic N) is 1. The highest BCUT2D eigenvalue weighted by atomic mass is 19.1. The average Bonchev–Trinajstić information content (AvgIpc) is 3.23. The van der Waals surface area contributed by atoms with E-state index in [0.717, 1.165) is 11.8 Å². The van der Waals surface area contributed by atoms with Gasteiger partial charge in [0, 0.05) is 13.0 Å². The molecule has 172 valence electrons. The van der Waals surface area contributed by atoms with Crippen molar-refractivity contribution in [3.05, 3.63) is 23.0 Å². The monoisotopic (exact) mass is 436 g/mol. The number of nitrogens with one attached hydrogen (secondary N) is 1. The van der Waals surface area contributed by atoms with Crippen molar-refractivity contribution in [2.24, 2.45) is 5.92 Å². The van der Waals surface area contributed by atoms with Crippen molar-refractivity contribution < 1.29 is 28.2 Å². The van der Waals surface area contributed by atoms with Gasteiger partial charge in [-0.05, 0) is 71.6 Å². The fourth-order valence-electron chi connectivity index (χ4n) is 3.75. The quantitative estimate of drug-likeness (QED) is 0.705. The third-order valence-electron chi connectivity index (χ3n) is 5.31. The molecule has 0 saturated carbocycles. The first kappa shape index (κ1) is 23.3. The molecule has 7 nitrogen and oxygen atoms in total. The molecule has 1 aromatic rings. The Kier molecular flexibility index (Phi) is 6.24. The summed E-state index contributed by atoms with van der Waals surface area (Å²) in [6.45, 7) is 11.3. The van der Waals surface area contributed by atoms with Crippen molar-refractivity contribution in [3.63, 3.8) is 0 Å². The normalized spacial score (nSPS) is 20.9. The number of carbonyl (C=O) groups excluding carboxylic acids is 2. The highest BCUT2D eigenvalue weighted by Crippen LogP contribution is 2.42. The lowest BCUT2D eigenvalue weighted by molar-refractivity contribution is -0.110. The minimum atomic E-state index is -0.714. The number of benzene rings is 1. The Labute approximate surface area is 183 Å². The zero-order chi connectivity index (χ0) is 23.1. The number of hydrogen-bond donors (Lipinski definition) is 1. The number of carbonyl (C=O) groups is 2. The number of hydrogen-bond acceptors (Lipinski definition) is 6. The van der Waals surface area contributed by atoms with Gasteiger partial charge in [0.25, 0.3) is 0 Å². The summed E-state index contributed by atoms with van der Waals surface area (Å²) in [4.78, 5) is 25.3. The maximum atomic E-state index is 15.2. The predicted molar refractivity (Wildman–Crippen MR) is 115 cm³/mol. The molecule has 1 amide bonds. The van der Waals surface area contributed by atoms with E-state index in [1.54, 1.807) is 27.8 Å². The molecule has 1 aromatic carbocycles. The van der Waals surface area contributed by atoms with Gasteiger partial charge in [0.15, 0.2) is 17.8 Å². The second-order valence-corrected chi connectivity index (χ2v) is 10.3. The molecule has 0 saturated heterocycles. The molecule has 31 heavy (non-hydrogen) atoms. The number of likely N-dealkylation sites (N-methyl/N-ethyl adjacent to an activating group) is 1. The highest BCUT2D eigenvalue weighted by Gasteiger charge is 2.40. The van der Waals surface area contributed by atoms with Crippen LogP contribution in [0.15, 0.2) is 6.07 Å². The molecule has 2 unspecified atom stereocenters. The van der Waals surface area contributed by atoms with Crippen LogP contribution in [-0.4, -0.2) is 54.4 Å². The molecular weight excluding hydrogens is 403 g/mol. The van der Waals surface area contributed by atoms with Gasteiger partial charge in [0.2, 0.25) is 0 Å². The SMILES string of the molecule is CN(C(=O)OC(C)(C)C)[C@H](COC(C)(C)C)C1Nc2cc3c(c(F)c2O1)CC(C=O)C3. The van der Waals surface area contributed by atoms with Gasteiger partial charge < -0.3 is 29.2 Å². The van der Waals surface area contributed by atoms with E-state index in [2.05, 4.69) is 5.32 Å². The average molecular weight is 437 g/mol. The van der Waals surface area contributed by atoms with Crippen molar-refractivity contribution in [3.8, 4) is 5.75 Å². The van der Waals surface area contributed by atoms with Crippen molar-refractivity contribution >= 4 is 18.1 Å². The molecule has 0 fully saturated rings. The molecule has 3 rings (SSSR count). The first-order valence-corrected chi connectivity index (χ1v) is 10.6. The highest BCUT2D eigenvalue weighted by molar-refractivity contribution is 5.70. The Bertz CT molecular complexity index is 859. The maximum Gasteiger partial charge on any atom is 0.410 e. The molecule has 8 heteroatoms. The van der Waals surface area contributed by atoms with Crippen LogP contribution in [0, 0.1) is 11.7 Å². The number of fused-ring (bicyclic) bond motifs is 2.